The van der Waals surface area contributed by atoms with E-state index in [1.165, 1.54) is 14.1 Å². The van der Waals surface area contributed by atoms with Crippen molar-refractivity contribution in [2.75, 3.05) is 14.1 Å². The second kappa shape index (κ2) is 4.80. The maximum Gasteiger partial charge on any atom is 0.422 e. The molecule has 6 nitrogen and oxygen atoms in total. The highest BCUT2D eigenvalue weighted by molar-refractivity contribution is 7.87. The largest absolute Gasteiger partial charge is 0.446 e. The summed E-state index contributed by atoms with van der Waals surface area (Å²) in [6.07, 6.45) is 2.65. The SMILES string of the molecule is CN(C)S(=O)(=O)NC(=O)OC1CCCC1. The summed E-state index contributed by atoms with van der Waals surface area (Å²) in [4.78, 5) is 11.2. The molecule has 1 N–H and O–H groups in total. The van der Waals surface area contributed by atoms with E-state index in [0.29, 0.717) is 0 Å². The number of carbonyl (C=O) groups excluding carboxylic acids is 1. The Morgan fingerprint density at radius 2 is 1.87 bits per heavy atom. The number of hydrogen-bond acceptors (Lipinski definition) is 4. The quantitative estimate of drug-likeness (QED) is 0.772. The van der Waals surface area contributed by atoms with Crippen LogP contribution in [0.25, 0.3) is 0 Å². The van der Waals surface area contributed by atoms with E-state index in [1.807, 2.05) is 4.72 Å². The van der Waals surface area contributed by atoms with Gasteiger partial charge in [0.25, 0.3) is 0 Å². The molecule has 1 aliphatic carbocycles. The van der Waals surface area contributed by atoms with Gasteiger partial charge < -0.3 is 4.74 Å². The van der Waals surface area contributed by atoms with E-state index < -0.39 is 16.3 Å². The Kier molecular flexibility index (Phi) is 3.92. The Labute approximate surface area is 89.8 Å². The molecular formula is C8H16N2O4S. The molecule has 0 unspecified atom stereocenters. The molecule has 1 fully saturated rings. The minimum Gasteiger partial charge on any atom is -0.446 e. The lowest BCUT2D eigenvalue weighted by Gasteiger charge is -2.15. The van der Waals surface area contributed by atoms with Crippen LogP contribution in [0.4, 0.5) is 4.79 Å². The number of amides is 1. The zero-order valence-electron chi connectivity index (χ0n) is 8.89. The Hall–Kier alpha value is -0.820. The van der Waals surface area contributed by atoms with Crippen LogP contribution in [0.1, 0.15) is 25.7 Å². The fourth-order valence-corrected chi connectivity index (χ4v) is 1.82. The molecule has 0 aromatic rings. The molecule has 1 aliphatic rings. The number of nitrogens with zero attached hydrogens (tertiary/aromatic N) is 1. The predicted octanol–water partition coefficient (Wildman–Crippen LogP) is 0.462. The molecule has 0 heterocycles. The van der Waals surface area contributed by atoms with Gasteiger partial charge in [0, 0.05) is 14.1 Å². The summed E-state index contributed by atoms with van der Waals surface area (Å²) >= 11 is 0. The maximum atomic E-state index is 11.2. The highest BCUT2D eigenvalue weighted by atomic mass is 32.2. The molecule has 1 amide bonds. The Morgan fingerprint density at radius 3 is 2.33 bits per heavy atom. The van der Waals surface area contributed by atoms with Gasteiger partial charge in [-0.25, -0.2) is 9.52 Å². The van der Waals surface area contributed by atoms with Crippen molar-refractivity contribution in [1.29, 1.82) is 0 Å². The minimum atomic E-state index is -3.73. The third-order valence-corrected chi connectivity index (χ3v) is 3.65. The summed E-state index contributed by atoms with van der Waals surface area (Å²) in [6, 6.07) is 0. The van der Waals surface area contributed by atoms with Crippen LogP contribution in [0, 0.1) is 0 Å². The van der Waals surface area contributed by atoms with E-state index in [2.05, 4.69) is 0 Å². The summed E-state index contributed by atoms with van der Waals surface area (Å²) in [5.41, 5.74) is 0. The van der Waals surface area contributed by atoms with E-state index in [9.17, 15) is 13.2 Å². The zero-order chi connectivity index (χ0) is 11.5. The molecule has 0 spiro atoms. The number of carbonyl (C=O) groups is 1. The van der Waals surface area contributed by atoms with Crippen LogP contribution in [0.3, 0.4) is 0 Å². The topological polar surface area (TPSA) is 75.7 Å². The molecule has 0 saturated heterocycles. The molecule has 0 aliphatic heterocycles. The highest BCUT2D eigenvalue weighted by Gasteiger charge is 2.23. The second-order valence-corrected chi connectivity index (χ2v) is 5.59. The number of ether oxygens (including phenoxy) is 1. The lowest BCUT2D eigenvalue weighted by atomic mass is 10.3. The van der Waals surface area contributed by atoms with Gasteiger partial charge in [-0.15, -0.1) is 0 Å². The monoisotopic (exact) mass is 236 g/mol. The highest BCUT2D eigenvalue weighted by Crippen LogP contribution is 2.20. The lowest BCUT2D eigenvalue weighted by molar-refractivity contribution is 0.106. The van der Waals surface area contributed by atoms with E-state index in [-0.39, 0.29) is 6.10 Å². The fourth-order valence-electron chi connectivity index (χ4n) is 1.38. The second-order valence-electron chi connectivity index (χ2n) is 3.70. The zero-order valence-corrected chi connectivity index (χ0v) is 9.71. The molecule has 0 radical (unpaired) electrons. The van der Waals surface area contributed by atoms with Crippen molar-refractivity contribution in [2.45, 2.75) is 31.8 Å². The van der Waals surface area contributed by atoms with Crippen LogP contribution < -0.4 is 4.72 Å². The average molecular weight is 236 g/mol. The van der Waals surface area contributed by atoms with Crippen LogP contribution in [0.15, 0.2) is 0 Å². The van der Waals surface area contributed by atoms with Gasteiger partial charge in [-0.1, -0.05) is 0 Å². The Bertz CT molecular complexity index is 320. The molecule has 7 heteroatoms. The molecule has 1 saturated carbocycles. The molecule has 1 rings (SSSR count). The van der Waals surface area contributed by atoms with Crippen LogP contribution in [0.5, 0.6) is 0 Å². The minimum absolute atomic E-state index is 0.137. The normalized spacial score (nSPS) is 18.1. The molecular weight excluding hydrogens is 220 g/mol. The number of hydrogen-bond donors (Lipinski definition) is 1. The fraction of sp³-hybridized carbons (Fsp3) is 0.875. The van der Waals surface area contributed by atoms with Crippen molar-refractivity contribution in [3.8, 4) is 0 Å². The van der Waals surface area contributed by atoms with Crippen molar-refractivity contribution < 1.29 is 17.9 Å². The van der Waals surface area contributed by atoms with Gasteiger partial charge >= 0.3 is 16.3 Å². The van der Waals surface area contributed by atoms with E-state index in [0.717, 1.165) is 30.0 Å². The average Bonchev–Trinajstić information content (AvgIpc) is 2.54. The lowest BCUT2D eigenvalue weighted by Crippen LogP contribution is -2.40. The van der Waals surface area contributed by atoms with Crippen molar-refractivity contribution in [3.05, 3.63) is 0 Å². The van der Waals surface area contributed by atoms with Crippen LogP contribution in [-0.4, -0.2) is 39.0 Å². The van der Waals surface area contributed by atoms with E-state index in [4.69, 9.17) is 4.74 Å². The first-order chi connectivity index (χ1) is 6.92. The summed E-state index contributed by atoms with van der Waals surface area (Å²) in [6.45, 7) is 0. The molecule has 15 heavy (non-hydrogen) atoms. The van der Waals surface area contributed by atoms with Crippen molar-refractivity contribution in [3.63, 3.8) is 0 Å². The van der Waals surface area contributed by atoms with Gasteiger partial charge in [0.15, 0.2) is 0 Å². The molecule has 88 valence electrons. The van der Waals surface area contributed by atoms with Gasteiger partial charge in [-0.2, -0.15) is 12.7 Å². The first-order valence-corrected chi connectivity index (χ1v) is 6.26. The number of nitrogens with one attached hydrogen (secondary N) is 1. The van der Waals surface area contributed by atoms with Gasteiger partial charge in [-0.3, -0.25) is 0 Å². The summed E-state index contributed by atoms with van der Waals surface area (Å²) in [5.74, 6) is 0. The summed E-state index contributed by atoms with van der Waals surface area (Å²) in [7, 11) is -1.05. The van der Waals surface area contributed by atoms with Crippen molar-refractivity contribution in [2.24, 2.45) is 0 Å². The smallest absolute Gasteiger partial charge is 0.422 e. The predicted molar refractivity (Wildman–Crippen MR) is 54.5 cm³/mol. The van der Waals surface area contributed by atoms with Crippen LogP contribution >= 0.6 is 0 Å². The van der Waals surface area contributed by atoms with Gasteiger partial charge in [0.05, 0.1) is 0 Å². The van der Waals surface area contributed by atoms with Crippen LogP contribution in [0.2, 0.25) is 0 Å². The van der Waals surface area contributed by atoms with Crippen LogP contribution in [-0.2, 0) is 14.9 Å². The third kappa shape index (κ3) is 3.67. The Balaban J connectivity index is 2.42. The van der Waals surface area contributed by atoms with Crippen molar-refractivity contribution in [1.82, 2.24) is 9.03 Å². The third-order valence-electron chi connectivity index (χ3n) is 2.27. The molecule has 0 aromatic carbocycles. The maximum absolute atomic E-state index is 11.2. The molecule has 0 bridgehead atoms. The molecule has 0 aromatic heterocycles. The first kappa shape index (κ1) is 12.3. The summed E-state index contributed by atoms with van der Waals surface area (Å²) < 4.78 is 30.1. The van der Waals surface area contributed by atoms with E-state index in [1.54, 1.807) is 0 Å². The van der Waals surface area contributed by atoms with Crippen molar-refractivity contribution >= 4 is 16.3 Å². The van der Waals surface area contributed by atoms with Gasteiger partial charge in [-0.05, 0) is 25.7 Å². The standard InChI is InChI=1S/C8H16N2O4S/c1-10(2)15(12,13)9-8(11)14-7-5-3-4-6-7/h7H,3-6H2,1-2H3,(H,9,11). The van der Waals surface area contributed by atoms with E-state index >= 15 is 0 Å². The summed E-state index contributed by atoms with van der Waals surface area (Å²) in [5, 5.41) is 0. The Morgan fingerprint density at radius 1 is 1.33 bits per heavy atom. The first-order valence-electron chi connectivity index (χ1n) is 4.82. The molecule has 0 atom stereocenters. The number of rotatable bonds is 3. The van der Waals surface area contributed by atoms with Gasteiger partial charge in [0.2, 0.25) is 0 Å². The van der Waals surface area contributed by atoms with Gasteiger partial charge in [0.1, 0.15) is 6.10 Å².